The number of nitrogens with zero attached hydrogens (tertiary/aromatic N) is 2. The molecule has 0 spiro atoms. The van der Waals surface area contributed by atoms with Crippen LogP contribution in [0, 0.1) is 27.3 Å². The quantitative estimate of drug-likeness (QED) is 0.355. The molecule has 0 aliphatic carbocycles. The summed E-state index contributed by atoms with van der Waals surface area (Å²) in [7, 11) is 1.31. The summed E-state index contributed by atoms with van der Waals surface area (Å²) in [5, 5.41) is 23.0. The van der Waals surface area contributed by atoms with Gasteiger partial charge in [-0.15, -0.1) is 0 Å². The summed E-state index contributed by atoms with van der Waals surface area (Å²) in [4.78, 5) is 23.1. The fourth-order valence-electron chi connectivity index (χ4n) is 2.61. The summed E-state index contributed by atoms with van der Waals surface area (Å²) in [6, 6.07) is 7.99. The molecule has 0 saturated carbocycles. The van der Waals surface area contributed by atoms with E-state index in [-0.39, 0.29) is 47.3 Å². The number of nitro groups is 1. The Bertz CT molecular complexity index is 1060. The lowest BCUT2D eigenvalue weighted by Crippen LogP contribution is -2.18. The van der Waals surface area contributed by atoms with E-state index in [1.807, 2.05) is 0 Å². The zero-order valence-electron chi connectivity index (χ0n) is 15.1. The fraction of sp³-hybridized carbons (Fsp3) is 0.158. The Labute approximate surface area is 164 Å². The van der Waals surface area contributed by atoms with E-state index in [1.165, 1.54) is 25.3 Å². The van der Waals surface area contributed by atoms with Crippen LogP contribution in [-0.4, -0.2) is 31.2 Å². The highest BCUT2D eigenvalue weighted by atomic mass is 19.1. The number of fused-ring (bicyclic) bond motifs is 1. The summed E-state index contributed by atoms with van der Waals surface area (Å²) in [6.45, 7) is 0.500. The molecule has 0 aromatic heterocycles. The predicted octanol–water partition coefficient (Wildman–Crippen LogP) is 3.06. The third-order valence-electron chi connectivity index (χ3n) is 3.96. The van der Waals surface area contributed by atoms with Gasteiger partial charge in [0, 0.05) is 6.07 Å². The van der Waals surface area contributed by atoms with E-state index in [1.54, 1.807) is 6.07 Å². The summed E-state index contributed by atoms with van der Waals surface area (Å²) >= 11 is 0. The van der Waals surface area contributed by atoms with E-state index in [0.717, 1.165) is 18.2 Å². The molecule has 2 aromatic rings. The molecule has 0 bridgehead atoms. The van der Waals surface area contributed by atoms with Crippen LogP contribution in [-0.2, 0) is 4.79 Å². The number of amides is 1. The zero-order chi connectivity index (χ0) is 21.0. The number of benzene rings is 2. The van der Waals surface area contributed by atoms with E-state index in [0.29, 0.717) is 0 Å². The lowest BCUT2D eigenvalue weighted by Gasteiger charge is -2.19. The number of nitriles is 1. The van der Waals surface area contributed by atoms with Gasteiger partial charge in [0.1, 0.15) is 30.5 Å². The lowest BCUT2D eigenvalue weighted by molar-refractivity contribution is -0.384. The number of halogens is 1. The van der Waals surface area contributed by atoms with E-state index in [2.05, 4.69) is 5.32 Å². The van der Waals surface area contributed by atoms with Crippen LogP contribution in [0.3, 0.4) is 0 Å². The van der Waals surface area contributed by atoms with Gasteiger partial charge in [-0.2, -0.15) is 5.26 Å². The van der Waals surface area contributed by atoms with Crippen molar-refractivity contribution >= 4 is 23.4 Å². The minimum atomic E-state index is -0.900. The summed E-state index contributed by atoms with van der Waals surface area (Å²) in [5.41, 5.74) is -0.716. The fourth-order valence-corrected chi connectivity index (χ4v) is 2.61. The average molecular weight is 399 g/mol. The molecular formula is C19H14FN3O6. The Morgan fingerprint density at radius 3 is 2.59 bits per heavy atom. The largest absolute Gasteiger partial charge is 0.494 e. The molecule has 0 radical (unpaired) electrons. The maximum atomic E-state index is 13.8. The molecule has 10 heteroatoms. The second-order valence-electron chi connectivity index (χ2n) is 5.79. The molecule has 9 nitrogen and oxygen atoms in total. The lowest BCUT2D eigenvalue weighted by atomic mass is 10.1. The molecule has 1 heterocycles. The second kappa shape index (κ2) is 8.26. The molecule has 0 unspecified atom stereocenters. The van der Waals surface area contributed by atoms with Crippen molar-refractivity contribution in [3.63, 3.8) is 0 Å². The number of anilines is 1. The first kappa shape index (κ1) is 19.6. The van der Waals surface area contributed by atoms with Crippen LogP contribution in [0.1, 0.15) is 5.56 Å². The van der Waals surface area contributed by atoms with E-state index in [4.69, 9.17) is 14.2 Å². The highest BCUT2D eigenvalue weighted by Crippen LogP contribution is 2.39. The van der Waals surface area contributed by atoms with Crippen molar-refractivity contribution in [3.8, 4) is 23.3 Å². The molecule has 29 heavy (non-hydrogen) atoms. The number of carbonyl (C=O) groups excluding carboxylic acids is 1. The molecular weight excluding hydrogens is 385 g/mol. The highest BCUT2D eigenvalue weighted by Gasteiger charge is 2.24. The molecule has 1 N–H and O–H groups in total. The Morgan fingerprint density at radius 1 is 1.31 bits per heavy atom. The van der Waals surface area contributed by atoms with Crippen LogP contribution in [0.5, 0.6) is 17.2 Å². The van der Waals surface area contributed by atoms with Crippen LogP contribution in [0.4, 0.5) is 15.8 Å². The number of ether oxygens (including phenoxy) is 3. The normalized spacial score (nSPS) is 12.7. The molecule has 0 atom stereocenters. The van der Waals surface area contributed by atoms with Gasteiger partial charge in [-0.1, -0.05) is 6.07 Å². The number of carbonyl (C=O) groups is 1. The molecule has 1 aliphatic heterocycles. The Morgan fingerprint density at radius 2 is 2.00 bits per heavy atom. The maximum Gasteiger partial charge on any atom is 0.296 e. The first-order chi connectivity index (χ1) is 13.9. The van der Waals surface area contributed by atoms with Crippen LogP contribution >= 0.6 is 0 Å². The van der Waals surface area contributed by atoms with Gasteiger partial charge in [0.15, 0.2) is 23.1 Å². The topological polar surface area (TPSA) is 124 Å². The van der Waals surface area contributed by atoms with Gasteiger partial charge in [-0.25, -0.2) is 4.39 Å². The van der Waals surface area contributed by atoms with E-state index >= 15 is 0 Å². The molecule has 0 fully saturated rings. The van der Waals surface area contributed by atoms with Gasteiger partial charge in [0.25, 0.3) is 11.6 Å². The van der Waals surface area contributed by atoms with Gasteiger partial charge in [0.05, 0.1) is 18.1 Å². The molecule has 1 amide bonds. The predicted molar refractivity (Wildman–Crippen MR) is 99.3 cm³/mol. The third-order valence-corrected chi connectivity index (χ3v) is 3.96. The SMILES string of the molecule is COc1ccc(/C=C(\C#N)C(=O)Nc2cc3c(cc2[N+](=O)[O-])OCCO3)cc1F. The average Bonchev–Trinajstić information content (AvgIpc) is 2.71. The van der Waals surface area contributed by atoms with Gasteiger partial charge in [-0.3, -0.25) is 14.9 Å². The van der Waals surface area contributed by atoms with Crippen LogP contribution in [0.2, 0.25) is 0 Å². The summed E-state index contributed by atoms with van der Waals surface area (Å²) < 4.78 is 29.3. The third kappa shape index (κ3) is 4.24. The van der Waals surface area contributed by atoms with Crippen LogP contribution in [0.15, 0.2) is 35.9 Å². The van der Waals surface area contributed by atoms with Crippen LogP contribution < -0.4 is 19.5 Å². The summed E-state index contributed by atoms with van der Waals surface area (Å²) in [5.74, 6) is -1.13. The van der Waals surface area contributed by atoms with Crippen molar-refractivity contribution in [2.75, 3.05) is 25.6 Å². The smallest absolute Gasteiger partial charge is 0.296 e. The van der Waals surface area contributed by atoms with E-state index in [9.17, 15) is 24.6 Å². The Hall–Kier alpha value is -4.13. The Balaban J connectivity index is 1.91. The molecule has 1 aliphatic rings. The molecule has 2 aromatic carbocycles. The summed E-state index contributed by atoms with van der Waals surface area (Å²) in [6.07, 6.45) is 1.15. The van der Waals surface area contributed by atoms with Gasteiger partial charge in [-0.05, 0) is 23.8 Å². The van der Waals surface area contributed by atoms with Crippen molar-refractivity contribution < 1.29 is 28.3 Å². The number of nitro benzene ring substituents is 1. The second-order valence-corrected chi connectivity index (χ2v) is 5.79. The van der Waals surface area contributed by atoms with Crippen LogP contribution in [0.25, 0.3) is 6.08 Å². The first-order valence-corrected chi connectivity index (χ1v) is 8.27. The minimum Gasteiger partial charge on any atom is -0.494 e. The van der Waals surface area contributed by atoms with Crippen molar-refractivity contribution in [2.24, 2.45) is 0 Å². The number of hydrogen-bond donors (Lipinski definition) is 1. The molecule has 148 valence electrons. The van der Waals surface area contributed by atoms with E-state index < -0.39 is 22.3 Å². The van der Waals surface area contributed by atoms with Gasteiger partial charge in [0.2, 0.25) is 0 Å². The minimum absolute atomic E-state index is 0.0111. The van der Waals surface area contributed by atoms with Crippen molar-refractivity contribution in [2.45, 2.75) is 0 Å². The highest BCUT2D eigenvalue weighted by molar-refractivity contribution is 6.10. The number of nitrogens with one attached hydrogen (secondary N) is 1. The monoisotopic (exact) mass is 399 g/mol. The molecule has 0 saturated heterocycles. The van der Waals surface area contributed by atoms with Gasteiger partial charge >= 0.3 is 0 Å². The number of methoxy groups -OCH3 is 1. The standard InChI is InChI=1S/C19H14FN3O6/c1-27-16-3-2-11(7-13(16)20)6-12(10-21)19(24)22-14-8-17-18(29-5-4-28-17)9-15(14)23(25)26/h2-3,6-9H,4-5H2,1H3,(H,22,24)/b12-6+. The van der Waals surface area contributed by atoms with Crippen molar-refractivity contribution in [3.05, 3.63) is 57.4 Å². The van der Waals surface area contributed by atoms with Crippen molar-refractivity contribution in [1.82, 2.24) is 0 Å². The maximum absolute atomic E-state index is 13.8. The van der Waals surface area contributed by atoms with Gasteiger partial charge < -0.3 is 19.5 Å². The first-order valence-electron chi connectivity index (χ1n) is 8.27. The Kier molecular flexibility index (Phi) is 5.59. The number of hydrogen-bond acceptors (Lipinski definition) is 7. The number of rotatable bonds is 5. The van der Waals surface area contributed by atoms with Crippen molar-refractivity contribution in [1.29, 1.82) is 5.26 Å². The molecule has 3 rings (SSSR count). The zero-order valence-corrected chi connectivity index (χ0v) is 15.1.